The number of ether oxygens (including phenoxy) is 1. The molecule has 20 heavy (non-hydrogen) atoms. The summed E-state index contributed by atoms with van der Waals surface area (Å²) < 4.78 is 5.99. The maximum Gasteiger partial charge on any atom is 0.249 e. The highest BCUT2D eigenvalue weighted by atomic mass is 32.1. The van der Waals surface area contributed by atoms with Gasteiger partial charge >= 0.3 is 0 Å². The highest BCUT2D eigenvalue weighted by Crippen LogP contribution is 2.22. The monoisotopic (exact) mass is 296 g/mol. The van der Waals surface area contributed by atoms with E-state index in [4.69, 9.17) is 4.74 Å². The van der Waals surface area contributed by atoms with Gasteiger partial charge in [0.05, 0.1) is 12.1 Å². The maximum atomic E-state index is 12.3. The van der Waals surface area contributed by atoms with Crippen LogP contribution in [0.1, 0.15) is 63.4 Å². The van der Waals surface area contributed by atoms with Crippen molar-refractivity contribution in [2.45, 2.75) is 70.6 Å². The van der Waals surface area contributed by atoms with Gasteiger partial charge in [-0.1, -0.05) is 26.2 Å². The first-order valence-electron chi connectivity index (χ1n) is 7.56. The highest BCUT2D eigenvalue weighted by Gasteiger charge is 2.24. The molecule has 0 saturated heterocycles. The van der Waals surface area contributed by atoms with E-state index in [1.807, 2.05) is 19.2 Å². The molecule has 2 rings (SSSR count). The molecule has 1 saturated carbocycles. The van der Waals surface area contributed by atoms with E-state index in [2.05, 4.69) is 10.3 Å². The Morgan fingerprint density at radius 1 is 1.50 bits per heavy atom. The fourth-order valence-corrected chi connectivity index (χ4v) is 3.24. The van der Waals surface area contributed by atoms with E-state index in [-0.39, 0.29) is 24.2 Å². The largest absolute Gasteiger partial charge is 0.365 e. The zero-order valence-electron chi connectivity index (χ0n) is 12.3. The fraction of sp³-hybridized carbons (Fsp3) is 0.733. The number of thiazole rings is 1. The summed E-state index contributed by atoms with van der Waals surface area (Å²) in [4.78, 5) is 16.5. The number of carbonyl (C=O) groups is 1. The highest BCUT2D eigenvalue weighted by molar-refractivity contribution is 7.09. The molecule has 5 heteroatoms. The molecule has 1 fully saturated rings. The molecule has 0 radical (unpaired) electrons. The lowest BCUT2D eigenvalue weighted by Crippen LogP contribution is -2.39. The molecule has 0 aromatic carbocycles. The summed E-state index contributed by atoms with van der Waals surface area (Å²) in [6.45, 7) is 3.96. The van der Waals surface area contributed by atoms with Crippen molar-refractivity contribution in [1.82, 2.24) is 10.3 Å². The predicted octanol–water partition coefficient (Wildman–Crippen LogP) is 3.45. The Morgan fingerprint density at radius 3 is 2.85 bits per heavy atom. The lowest BCUT2D eigenvalue weighted by molar-refractivity contribution is -0.139. The van der Waals surface area contributed by atoms with E-state index < -0.39 is 0 Å². The first-order chi connectivity index (χ1) is 9.70. The van der Waals surface area contributed by atoms with Gasteiger partial charge in [-0.15, -0.1) is 11.3 Å². The Balaban J connectivity index is 1.84. The van der Waals surface area contributed by atoms with Crippen molar-refractivity contribution < 1.29 is 9.53 Å². The van der Waals surface area contributed by atoms with Gasteiger partial charge in [-0.3, -0.25) is 4.79 Å². The summed E-state index contributed by atoms with van der Waals surface area (Å²) in [7, 11) is 0. The molecule has 0 spiro atoms. The van der Waals surface area contributed by atoms with E-state index in [9.17, 15) is 4.79 Å². The standard InChI is InChI=1S/C15H24N2O2S/c1-3-13(19-12-7-5-4-6-8-12)14(18)17-11(2)15-16-9-10-20-15/h9-13H,3-8H2,1-2H3,(H,17,18). The molecular formula is C15H24N2O2S. The number of aromatic nitrogens is 1. The number of amides is 1. The summed E-state index contributed by atoms with van der Waals surface area (Å²) in [5.74, 6) is -0.0132. The number of nitrogens with one attached hydrogen (secondary N) is 1. The van der Waals surface area contributed by atoms with Crippen LogP contribution < -0.4 is 5.32 Å². The summed E-state index contributed by atoms with van der Waals surface area (Å²) in [6.07, 6.45) is 8.32. The van der Waals surface area contributed by atoms with Crippen LogP contribution in [0.15, 0.2) is 11.6 Å². The van der Waals surface area contributed by atoms with Gasteiger partial charge in [0.25, 0.3) is 0 Å². The van der Waals surface area contributed by atoms with E-state index in [0.717, 1.165) is 17.8 Å². The van der Waals surface area contributed by atoms with Crippen LogP contribution in [-0.4, -0.2) is 23.1 Å². The average Bonchev–Trinajstić information content (AvgIpc) is 3.00. The van der Waals surface area contributed by atoms with Crippen molar-refractivity contribution in [2.24, 2.45) is 0 Å². The quantitative estimate of drug-likeness (QED) is 0.874. The van der Waals surface area contributed by atoms with Crippen LogP contribution in [0.25, 0.3) is 0 Å². The molecule has 1 aliphatic carbocycles. The summed E-state index contributed by atoms with van der Waals surface area (Å²) in [5.41, 5.74) is 0. The molecule has 4 nitrogen and oxygen atoms in total. The fourth-order valence-electron chi connectivity index (χ4n) is 2.59. The second-order valence-corrected chi connectivity index (χ2v) is 6.32. The zero-order valence-corrected chi connectivity index (χ0v) is 13.1. The van der Waals surface area contributed by atoms with E-state index in [0.29, 0.717) is 6.42 Å². The number of rotatable bonds is 6. The predicted molar refractivity (Wildman–Crippen MR) is 80.7 cm³/mol. The van der Waals surface area contributed by atoms with E-state index >= 15 is 0 Å². The second-order valence-electron chi connectivity index (χ2n) is 5.39. The van der Waals surface area contributed by atoms with Gasteiger partial charge in [-0.05, 0) is 26.2 Å². The number of hydrogen-bond donors (Lipinski definition) is 1. The number of carbonyl (C=O) groups excluding carboxylic acids is 1. The lowest BCUT2D eigenvalue weighted by Gasteiger charge is -2.27. The summed E-state index contributed by atoms with van der Waals surface area (Å²) in [6, 6.07) is -0.0495. The Hall–Kier alpha value is -0.940. The van der Waals surface area contributed by atoms with Gasteiger partial charge in [0.2, 0.25) is 5.91 Å². The molecule has 1 N–H and O–H groups in total. The average molecular weight is 296 g/mol. The zero-order chi connectivity index (χ0) is 14.4. The van der Waals surface area contributed by atoms with Crippen LogP contribution in [-0.2, 0) is 9.53 Å². The van der Waals surface area contributed by atoms with Gasteiger partial charge in [0, 0.05) is 11.6 Å². The third kappa shape index (κ3) is 4.28. The molecule has 0 bridgehead atoms. The first-order valence-corrected chi connectivity index (χ1v) is 8.44. The molecule has 2 atom stereocenters. The topological polar surface area (TPSA) is 51.2 Å². The Labute approximate surface area is 124 Å². The normalized spacial score (nSPS) is 19.5. The van der Waals surface area contributed by atoms with E-state index in [1.54, 1.807) is 17.5 Å². The number of nitrogens with zero attached hydrogens (tertiary/aromatic N) is 1. The molecule has 2 unspecified atom stereocenters. The minimum atomic E-state index is -0.333. The molecule has 1 aromatic rings. The van der Waals surface area contributed by atoms with Gasteiger partial charge < -0.3 is 10.1 Å². The summed E-state index contributed by atoms with van der Waals surface area (Å²) in [5, 5.41) is 5.87. The summed E-state index contributed by atoms with van der Waals surface area (Å²) >= 11 is 1.56. The molecule has 1 amide bonds. The Kier molecular flexibility index (Phi) is 5.98. The third-order valence-corrected chi connectivity index (χ3v) is 4.71. The molecule has 1 aromatic heterocycles. The van der Waals surface area contributed by atoms with Crippen molar-refractivity contribution in [3.63, 3.8) is 0 Å². The van der Waals surface area contributed by atoms with Crippen molar-refractivity contribution in [3.8, 4) is 0 Å². The molecule has 0 aliphatic heterocycles. The van der Waals surface area contributed by atoms with Crippen LogP contribution >= 0.6 is 11.3 Å². The Bertz CT molecular complexity index is 402. The smallest absolute Gasteiger partial charge is 0.249 e. The number of hydrogen-bond acceptors (Lipinski definition) is 4. The molecule has 112 valence electrons. The minimum Gasteiger partial charge on any atom is -0.365 e. The van der Waals surface area contributed by atoms with Crippen LogP contribution in [0.3, 0.4) is 0 Å². The molecular weight excluding hydrogens is 272 g/mol. The van der Waals surface area contributed by atoms with Crippen LogP contribution in [0.5, 0.6) is 0 Å². The van der Waals surface area contributed by atoms with E-state index in [1.165, 1.54) is 19.3 Å². The van der Waals surface area contributed by atoms with Crippen LogP contribution in [0.2, 0.25) is 0 Å². The van der Waals surface area contributed by atoms with Crippen molar-refractivity contribution in [1.29, 1.82) is 0 Å². The van der Waals surface area contributed by atoms with Crippen molar-refractivity contribution in [3.05, 3.63) is 16.6 Å². The van der Waals surface area contributed by atoms with Crippen LogP contribution in [0.4, 0.5) is 0 Å². The van der Waals surface area contributed by atoms with Gasteiger partial charge in [0.15, 0.2) is 0 Å². The third-order valence-electron chi connectivity index (χ3n) is 3.75. The maximum absolute atomic E-state index is 12.3. The lowest BCUT2D eigenvalue weighted by atomic mass is 9.97. The van der Waals surface area contributed by atoms with Gasteiger partial charge in [-0.2, -0.15) is 0 Å². The van der Waals surface area contributed by atoms with Crippen molar-refractivity contribution >= 4 is 17.2 Å². The second kappa shape index (κ2) is 7.74. The van der Waals surface area contributed by atoms with Crippen LogP contribution in [0, 0.1) is 0 Å². The Morgan fingerprint density at radius 2 is 2.25 bits per heavy atom. The SMILES string of the molecule is CCC(OC1CCCCC1)C(=O)NC(C)c1nccs1. The minimum absolute atomic E-state index is 0.0132. The molecule has 1 heterocycles. The van der Waals surface area contributed by atoms with Gasteiger partial charge in [-0.25, -0.2) is 4.98 Å². The first kappa shape index (κ1) is 15.4. The van der Waals surface area contributed by atoms with Crippen molar-refractivity contribution in [2.75, 3.05) is 0 Å². The molecule has 1 aliphatic rings. The van der Waals surface area contributed by atoms with Gasteiger partial charge in [0.1, 0.15) is 11.1 Å².